The third kappa shape index (κ3) is 4.55. The van der Waals surface area contributed by atoms with Gasteiger partial charge in [-0.1, -0.05) is 51.0 Å². The summed E-state index contributed by atoms with van der Waals surface area (Å²) in [5.41, 5.74) is 2.14. The first kappa shape index (κ1) is 23.5. The maximum absolute atomic E-state index is 13.6. The van der Waals surface area contributed by atoms with Crippen molar-refractivity contribution in [1.29, 1.82) is 0 Å². The molecule has 0 fully saturated rings. The van der Waals surface area contributed by atoms with E-state index in [1.54, 1.807) is 55.9 Å². The maximum Gasteiger partial charge on any atom is 0.338 e. The summed E-state index contributed by atoms with van der Waals surface area (Å²) in [4.78, 5) is 31.6. The second-order valence-corrected chi connectivity index (χ2v) is 9.54. The molecular weight excluding hydrogens is 528 g/mol. The molecule has 0 saturated heterocycles. The molecule has 0 amide bonds. The van der Waals surface area contributed by atoms with Gasteiger partial charge in [-0.15, -0.1) is 0 Å². The zero-order valence-corrected chi connectivity index (χ0v) is 21.3. The lowest BCUT2D eigenvalue weighted by molar-refractivity contribution is -0.139. The van der Waals surface area contributed by atoms with Gasteiger partial charge in [0, 0.05) is 9.50 Å². The van der Waals surface area contributed by atoms with Crippen LogP contribution in [0.1, 0.15) is 31.0 Å². The third-order valence-electron chi connectivity index (χ3n) is 5.19. The van der Waals surface area contributed by atoms with Crippen LogP contribution in [0.3, 0.4) is 0 Å². The molecule has 2 heterocycles. The van der Waals surface area contributed by atoms with E-state index in [0.717, 1.165) is 15.6 Å². The first-order valence-electron chi connectivity index (χ1n) is 10.1. The van der Waals surface area contributed by atoms with Gasteiger partial charge >= 0.3 is 5.97 Å². The number of benzene rings is 2. The van der Waals surface area contributed by atoms with Crippen LogP contribution in [-0.4, -0.2) is 24.3 Å². The highest BCUT2D eigenvalue weighted by Crippen LogP contribution is 2.31. The second kappa shape index (κ2) is 9.67. The van der Waals surface area contributed by atoms with Crippen molar-refractivity contribution in [2.75, 3.05) is 13.7 Å². The molecule has 33 heavy (non-hydrogen) atoms. The van der Waals surface area contributed by atoms with Crippen molar-refractivity contribution in [1.82, 2.24) is 4.57 Å². The van der Waals surface area contributed by atoms with Crippen LogP contribution in [0.2, 0.25) is 5.02 Å². The highest BCUT2D eigenvalue weighted by Gasteiger charge is 2.33. The molecule has 1 atom stereocenters. The van der Waals surface area contributed by atoms with E-state index in [9.17, 15) is 9.59 Å². The van der Waals surface area contributed by atoms with Crippen LogP contribution in [0.4, 0.5) is 0 Å². The van der Waals surface area contributed by atoms with E-state index in [4.69, 9.17) is 21.1 Å². The Morgan fingerprint density at radius 2 is 2.00 bits per heavy atom. The minimum absolute atomic E-state index is 0.219. The van der Waals surface area contributed by atoms with E-state index in [-0.39, 0.29) is 12.2 Å². The minimum Gasteiger partial charge on any atom is -0.497 e. The summed E-state index contributed by atoms with van der Waals surface area (Å²) in [5.74, 6) is 0.181. The summed E-state index contributed by atoms with van der Waals surface area (Å²) < 4.78 is 13.5. The van der Waals surface area contributed by atoms with Crippen LogP contribution in [0.25, 0.3) is 6.08 Å². The Balaban J connectivity index is 1.96. The maximum atomic E-state index is 13.6. The molecule has 170 valence electrons. The van der Waals surface area contributed by atoms with Crippen LogP contribution in [0, 0.1) is 0 Å². The number of ether oxygens (including phenoxy) is 2. The van der Waals surface area contributed by atoms with Crippen LogP contribution in [-0.2, 0) is 9.53 Å². The molecule has 0 saturated carbocycles. The van der Waals surface area contributed by atoms with Crippen molar-refractivity contribution in [3.8, 4) is 5.75 Å². The van der Waals surface area contributed by atoms with Gasteiger partial charge in [0.1, 0.15) is 5.75 Å². The average Bonchev–Trinajstić information content (AvgIpc) is 3.09. The predicted molar refractivity (Wildman–Crippen MR) is 133 cm³/mol. The zero-order chi connectivity index (χ0) is 23.7. The lowest BCUT2D eigenvalue weighted by Gasteiger charge is -2.24. The Morgan fingerprint density at radius 3 is 2.67 bits per heavy atom. The summed E-state index contributed by atoms with van der Waals surface area (Å²) in [6.45, 7) is 3.72. The van der Waals surface area contributed by atoms with Crippen molar-refractivity contribution in [2.45, 2.75) is 19.9 Å². The number of carbonyl (C=O) groups excluding carboxylic acids is 1. The van der Waals surface area contributed by atoms with Gasteiger partial charge in [0.05, 0.1) is 35.6 Å². The van der Waals surface area contributed by atoms with Gasteiger partial charge in [-0.25, -0.2) is 9.79 Å². The molecule has 9 heteroatoms. The topological polar surface area (TPSA) is 69.9 Å². The molecule has 4 rings (SSSR count). The fourth-order valence-corrected chi connectivity index (χ4v) is 5.18. The van der Waals surface area contributed by atoms with Gasteiger partial charge in [-0.3, -0.25) is 9.36 Å². The van der Waals surface area contributed by atoms with E-state index >= 15 is 0 Å². The number of allylic oxidation sites excluding steroid dienone is 1. The standard InChI is InChI=1S/C24H20BrClN2O4S/c1-4-32-23(30)20-13(2)27-24-28(21(20)14-5-7-16(26)8-6-14)22(29)19(33-24)12-15-11-17(31-3)9-10-18(15)25/h5-12,21H,4H2,1-3H3/b19-12-/t21-/m0/s1. The van der Waals surface area contributed by atoms with Crippen LogP contribution >= 0.6 is 38.9 Å². The summed E-state index contributed by atoms with van der Waals surface area (Å²) in [5, 5.41) is 0.562. The smallest absolute Gasteiger partial charge is 0.338 e. The Labute approximate surface area is 207 Å². The molecule has 0 spiro atoms. The number of hydrogen-bond donors (Lipinski definition) is 0. The lowest BCUT2D eigenvalue weighted by atomic mass is 9.96. The molecule has 6 nitrogen and oxygen atoms in total. The lowest BCUT2D eigenvalue weighted by Crippen LogP contribution is -2.39. The summed E-state index contributed by atoms with van der Waals surface area (Å²) in [6.07, 6.45) is 1.79. The number of fused-ring (bicyclic) bond motifs is 1. The van der Waals surface area contributed by atoms with Gasteiger partial charge in [-0.2, -0.15) is 0 Å². The van der Waals surface area contributed by atoms with E-state index in [1.807, 2.05) is 18.2 Å². The molecule has 0 radical (unpaired) electrons. The molecule has 0 unspecified atom stereocenters. The molecule has 0 aliphatic carbocycles. The molecule has 3 aromatic rings. The fourth-order valence-electron chi connectivity index (χ4n) is 3.65. The van der Waals surface area contributed by atoms with Gasteiger partial charge in [-0.05, 0) is 61.4 Å². The zero-order valence-electron chi connectivity index (χ0n) is 18.1. The van der Waals surface area contributed by atoms with E-state index in [0.29, 0.717) is 31.4 Å². The number of methoxy groups -OCH3 is 1. The average molecular weight is 548 g/mol. The summed E-state index contributed by atoms with van der Waals surface area (Å²) in [7, 11) is 1.59. The van der Waals surface area contributed by atoms with Gasteiger partial charge in [0.15, 0.2) is 4.80 Å². The van der Waals surface area contributed by atoms with Crippen molar-refractivity contribution >= 4 is 50.9 Å². The van der Waals surface area contributed by atoms with Gasteiger partial charge < -0.3 is 9.47 Å². The molecular formula is C24H20BrClN2O4S. The number of nitrogens with zero attached hydrogens (tertiary/aromatic N) is 2. The number of esters is 1. The monoisotopic (exact) mass is 546 g/mol. The van der Waals surface area contributed by atoms with Crippen molar-refractivity contribution in [3.05, 3.63) is 94.0 Å². The summed E-state index contributed by atoms with van der Waals surface area (Å²) >= 11 is 10.9. The second-order valence-electron chi connectivity index (χ2n) is 7.24. The quantitative estimate of drug-likeness (QED) is 0.449. The van der Waals surface area contributed by atoms with Gasteiger partial charge in [0.2, 0.25) is 0 Å². The minimum atomic E-state index is -0.673. The highest BCUT2D eigenvalue weighted by atomic mass is 79.9. The van der Waals surface area contributed by atoms with Crippen molar-refractivity contribution < 1.29 is 14.3 Å². The normalized spacial score (nSPS) is 15.8. The van der Waals surface area contributed by atoms with E-state index in [1.165, 1.54) is 11.3 Å². The number of aromatic nitrogens is 1. The predicted octanol–water partition coefficient (Wildman–Crippen LogP) is 4.22. The van der Waals surface area contributed by atoms with Gasteiger partial charge in [0.25, 0.3) is 5.56 Å². The molecule has 2 aromatic carbocycles. The van der Waals surface area contributed by atoms with Crippen LogP contribution in [0.5, 0.6) is 5.75 Å². The Kier molecular flexibility index (Phi) is 6.88. The van der Waals surface area contributed by atoms with E-state index < -0.39 is 12.0 Å². The SMILES string of the molecule is CCOC(=O)C1=C(C)N=c2s/c(=C\c3cc(OC)ccc3Br)c(=O)n2[C@H]1c1ccc(Cl)cc1. The molecule has 0 bridgehead atoms. The molecule has 1 aliphatic heterocycles. The number of halogens is 2. The first-order valence-corrected chi connectivity index (χ1v) is 12.1. The Morgan fingerprint density at radius 1 is 1.27 bits per heavy atom. The summed E-state index contributed by atoms with van der Waals surface area (Å²) in [6, 6.07) is 11.9. The van der Waals surface area contributed by atoms with Crippen LogP contribution in [0.15, 0.2) is 68.0 Å². The number of hydrogen-bond acceptors (Lipinski definition) is 6. The largest absolute Gasteiger partial charge is 0.497 e. The van der Waals surface area contributed by atoms with Crippen molar-refractivity contribution in [3.63, 3.8) is 0 Å². The van der Waals surface area contributed by atoms with E-state index in [2.05, 4.69) is 20.9 Å². The number of thiazole rings is 1. The third-order valence-corrected chi connectivity index (χ3v) is 7.15. The number of rotatable bonds is 5. The number of carbonyl (C=O) groups is 1. The van der Waals surface area contributed by atoms with Crippen LogP contribution < -0.4 is 19.6 Å². The molecule has 1 aromatic heterocycles. The van der Waals surface area contributed by atoms with Crippen molar-refractivity contribution in [2.24, 2.45) is 4.99 Å². The molecule has 0 N–H and O–H groups in total. The Bertz CT molecular complexity index is 1440. The first-order chi connectivity index (χ1) is 15.8. The fraction of sp³-hybridized carbons (Fsp3) is 0.208. The molecule has 1 aliphatic rings. The Hall–Kier alpha value is -2.68. The highest BCUT2D eigenvalue weighted by molar-refractivity contribution is 9.10.